The van der Waals surface area contributed by atoms with Crippen LogP contribution in [-0.2, 0) is 60.8 Å². The molecule has 0 N–H and O–H groups in total. The number of methoxy groups -OCH3 is 2. The Kier molecular flexibility index (Phi) is 15.8. The molecule has 0 saturated heterocycles. The summed E-state index contributed by atoms with van der Waals surface area (Å²) in [5.41, 5.74) is 15.2. The average molecular weight is 633 g/mol. The zero-order valence-electron chi connectivity index (χ0n) is 30.8. The second kappa shape index (κ2) is 19.3. The molecule has 2 aromatic carbocycles. The van der Waals surface area contributed by atoms with Crippen LogP contribution in [0.15, 0.2) is 0 Å². The molecule has 1 aliphatic rings. The molecule has 0 bridgehead atoms. The molecule has 0 heterocycles. The average Bonchev–Trinajstić information content (AvgIpc) is 3.08. The lowest BCUT2D eigenvalue weighted by Crippen LogP contribution is -2.26. The van der Waals surface area contributed by atoms with Crippen molar-refractivity contribution in [1.29, 1.82) is 0 Å². The predicted molar refractivity (Wildman–Crippen MR) is 193 cm³/mol. The molecule has 0 unspecified atom stereocenters. The van der Waals surface area contributed by atoms with Gasteiger partial charge in [0, 0.05) is 0 Å². The largest absolute Gasteiger partial charge is 0.465 e. The molecular weight excluding hydrogens is 568 g/mol. The molecule has 4 heteroatoms. The summed E-state index contributed by atoms with van der Waals surface area (Å²) in [7, 11) is 2.88. The molecule has 0 atom stereocenters. The summed E-state index contributed by atoms with van der Waals surface area (Å²) in [6, 6.07) is 0. The lowest BCUT2D eigenvalue weighted by molar-refractivity contribution is 0.0552. The van der Waals surface area contributed by atoms with Crippen molar-refractivity contribution in [2.45, 2.75) is 170 Å². The molecule has 0 radical (unpaired) electrons. The van der Waals surface area contributed by atoms with Gasteiger partial charge in [-0.05, 0) is 146 Å². The zero-order chi connectivity index (χ0) is 33.6. The third kappa shape index (κ3) is 8.45. The summed E-state index contributed by atoms with van der Waals surface area (Å²) in [6.07, 6.45) is 21.3. The SMILES string of the molecule is CCCCc1c(CCCC)c(CCCC)c2c(c1CCCC)Cc1c(c(CCCC)c(C(=O)OC)c(C(=O)OC)c1CCCC)C2. The van der Waals surface area contributed by atoms with Crippen LogP contribution in [0.25, 0.3) is 0 Å². The maximum Gasteiger partial charge on any atom is 0.339 e. The fourth-order valence-corrected chi connectivity index (χ4v) is 7.80. The molecular formula is C42H64O4. The lowest BCUT2D eigenvalue weighted by atomic mass is 9.70. The topological polar surface area (TPSA) is 52.6 Å². The fraction of sp³-hybridized carbons (Fsp3) is 0.667. The van der Waals surface area contributed by atoms with Gasteiger partial charge in [-0.1, -0.05) is 80.1 Å². The van der Waals surface area contributed by atoms with E-state index in [9.17, 15) is 9.59 Å². The Hall–Kier alpha value is -2.62. The van der Waals surface area contributed by atoms with Crippen molar-refractivity contribution in [3.8, 4) is 0 Å². The van der Waals surface area contributed by atoms with Gasteiger partial charge in [-0.2, -0.15) is 0 Å². The van der Waals surface area contributed by atoms with Crippen LogP contribution in [0.1, 0.15) is 195 Å². The number of hydrogen-bond donors (Lipinski definition) is 0. The van der Waals surface area contributed by atoms with Gasteiger partial charge < -0.3 is 9.47 Å². The van der Waals surface area contributed by atoms with Crippen molar-refractivity contribution in [1.82, 2.24) is 0 Å². The molecule has 0 aliphatic heterocycles. The van der Waals surface area contributed by atoms with Crippen LogP contribution in [-0.4, -0.2) is 26.2 Å². The molecule has 2 aromatic rings. The van der Waals surface area contributed by atoms with Crippen molar-refractivity contribution < 1.29 is 19.1 Å². The minimum atomic E-state index is -0.411. The van der Waals surface area contributed by atoms with Crippen molar-refractivity contribution in [3.63, 3.8) is 0 Å². The number of unbranched alkanes of at least 4 members (excludes halogenated alkanes) is 6. The normalized spacial score (nSPS) is 12.2. The number of carbonyl (C=O) groups excluding carboxylic acids is 2. The zero-order valence-corrected chi connectivity index (χ0v) is 30.8. The van der Waals surface area contributed by atoms with Crippen LogP contribution in [0, 0.1) is 0 Å². The van der Waals surface area contributed by atoms with Gasteiger partial charge >= 0.3 is 11.9 Å². The van der Waals surface area contributed by atoms with E-state index in [1.165, 1.54) is 76.7 Å². The Balaban J connectivity index is 2.53. The van der Waals surface area contributed by atoms with Crippen LogP contribution in [0.3, 0.4) is 0 Å². The highest BCUT2D eigenvalue weighted by Crippen LogP contribution is 2.43. The predicted octanol–water partition coefficient (Wildman–Crippen LogP) is 10.8. The Bertz CT molecular complexity index is 1220. The number of hydrogen-bond acceptors (Lipinski definition) is 4. The highest BCUT2D eigenvalue weighted by atomic mass is 16.5. The van der Waals surface area contributed by atoms with E-state index in [4.69, 9.17) is 9.47 Å². The van der Waals surface area contributed by atoms with Gasteiger partial charge in [-0.25, -0.2) is 9.59 Å². The van der Waals surface area contributed by atoms with E-state index in [1.54, 1.807) is 33.4 Å². The molecule has 0 amide bonds. The van der Waals surface area contributed by atoms with Crippen molar-refractivity contribution in [2.75, 3.05) is 14.2 Å². The third-order valence-corrected chi connectivity index (χ3v) is 10.3. The summed E-state index contributed by atoms with van der Waals surface area (Å²) in [4.78, 5) is 27.3. The van der Waals surface area contributed by atoms with E-state index in [2.05, 4.69) is 41.5 Å². The fourth-order valence-electron chi connectivity index (χ4n) is 7.80. The summed E-state index contributed by atoms with van der Waals surface area (Å²) >= 11 is 0. The van der Waals surface area contributed by atoms with Crippen molar-refractivity contribution in [3.05, 3.63) is 66.8 Å². The van der Waals surface area contributed by atoms with Crippen LogP contribution >= 0.6 is 0 Å². The van der Waals surface area contributed by atoms with E-state index < -0.39 is 11.9 Å². The summed E-state index contributed by atoms with van der Waals surface area (Å²) in [5, 5.41) is 0. The van der Waals surface area contributed by atoms with Crippen LogP contribution in [0.2, 0.25) is 0 Å². The minimum absolute atomic E-state index is 0.411. The molecule has 0 aromatic heterocycles. The third-order valence-electron chi connectivity index (χ3n) is 10.3. The monoisotopic (exact) mass is 632 g/mol. The number of fused-ring (bicyclic) bond motifs is 2. The first-order valence-corrected chi connectivity index (χ1v) is 18.9. The molecule has 1 aliphatic carbocycles. The molecule has 4 nitrogen and oxygen atoms in total. The van der Waals surface area contributed by atoms with Gasteiger partial charge in [0.1, 0.15) is 0 Å². The van der Waals surface area contributed by atoms with E-state index in [0.717, 1.165) is 88.2 Å². The van der Waals surface area contributed by atoms with Crippen LogP contribution < -0.4 is 0 Å². The van der Waals surface area contributed by atoms with Gasteiger partial charge in [0.15, 0.2) is 0 Å². The van der Waals surface area contributed by atoms with E-state index in [1.807, 2.05) is 0 Å². The quantitative estimate of drug-likeness (QED) is 0.116. The standard InChI is InChI=1S/C42H64O4/c1-9-15-21-29-30(22-16-10-2)32(24-18-12-4)36-28-38-34(26-20-14-6)40(42(44)46-8)39(41(43)45-7)33(25-19-13-5)37(38)27-35(36)31(29)23-17-11-3/h9-28H2,1-8H3. The van der Waals surface area contributed by atoms with Gasteiger partial charge in [-0.3, -0.25) is 0 Å². The Morgan fingerprint density at radius 1 is 0.413 bits per heavy atom. The Morgan fingerprint density at radius 2 is 0.652 bits per heavy atom. The van der Waals surface area contributed by atoms with Crippen molar-refractivity contribution in [2.24, 2.45) is 0 Å². The summed E-state index contributed by atoms with van der Waals surface area (Å²) in [5.74, 6) is -0.822. The Morgan fingerprint density at radius 3 is 0.913 bits per heavy atom. The van der Waals surface area contributed by atoms with E-state index in [-0.39, 0.29) is 0 Å². The highest BCUT2D eigenvalue weighted by Gasteiger charge is 2.35. The molecule has 0 fully saturated rings. The van der Waals surface area contributed by atoms with E-state index >= 15 is 0 Å². The van der Waals surface area contributed by atoms with Gasteiger partial charge in [0.05, 0.1) is 25.3 Å². The highest BCUT2D eigenvalue weighted by molar-refractivity contribution is 6.06. The maximum atomic E-state index is 13.7. The summed E-state index contributed by atoms with van der Waals surface area (Å²) in [6.45, 7) is 13.6. The first-order chi connectivity index (χ1) is 22.4. The number of carbonyl (C=O) groups is 2. The summed E-state index contributed by atoms with van der Waals surface area (Å²) < 4.78 is 10.8. The number of rotatable bonds is 20. The minimum Gasteiger partial charge on any atom is -0.465 e. The smallest absolute Gasteiger partial charge is 0.339 e. The lowest BCUT2D eigenvalue weighted by Gasteiger charge is -2.34. The van der Waals surface area contributed by atoms with Crippen LogP contribution in [0.5, 0.6) is 0 Å². The van der Waals surface area contributed by atoms with Gasteiger partial charge in [0.25, 0.3) is 0 Å². The first kappa shape index (κ1) is 37.8. The van der Waals surface area contributed by atoms with Gasteiger partial charge in [-0.15, -0.1) is 0 Å². The van der Waals surface area contributed by atoms with Crippen molar-refractivity contribution >= 4 is 11.9 Å². The van der Waals surface area contributed by atoms with Gasteiger partial charge in [0.2, 0.25) is 0 Å². The number of esters is 2. The second-order valence-corrected chi connectivity index (χ2v) is 13.5. The molecule has 3 rings (SSSR count). The maximum absolute atomic E-state index is 13.7. The van der Waals surface area contributed by atoms with E-state index in [0.29, 0.717) is 11.1 Å². The molecule has 0 saturated carbocycles. The second-order valence-electron chi connectivity index (χ2n) is 13.5. The van der Waals surface area contributed by atoms with Crippen LogP contribution in [0.4, 0.5) is 0 Å². The number of ether oxygens (including phenoxy) is 2. The first-order valence-electron chi connectivity index (χ1n) is 18.9. The molecule has 256 valence electrons. The Labute approximate surface area is 281 Å². The molecule has 0 spiro atoms. The number of benzene rings is 2. The molecule has 46 heavy (non-hydrogen) atoms.